The number of nitrogens with one attached hydrogen (secondary N) is 1. The quantitative estimate of drug-likeness (QED) is 0.418. The van der Waals surface area contributed by atoms with E-state index in [2.05, 4.69) is 5.32 Å². The number of carbonyl (C=O) groups is 2. The zero-order chi connectivity index (χ0) is 24.4. The molecule has 1 amide bonds. The zero-order valence-corrected chi connectivity index (χ0v) is 18.5. The summed E-state index contributed by atoms with van der Waals surface area (Å²) in [5.74, 6) is -1.82. The first kappa shape index (κ1) is 22.4. The molecule has 0 saturated carbocycles. The molecular weight excluding hydrogens is 450 g/mol. The van der Waals surface area contributed by atoms with Gasteiger partial charge in [0, 0.05) is 12.5 Å². The minimum absolute atomic E-state index is 0.0263. The SMILES string of the molecule is O=C(O)c1cc(=O)c2cccc(NC(=O)C3(COCc4ccccc4)Cc4ccccc4O3)c2o1. The Labute approximate surface area is 199 Å². The van der Waals surface area contributed by atoms with Gasteiger partial charge in [0.2, 0.25) is 11.4 Å². The van der Waals surface area contributed by atoms with Crippen LogP contribution < -0.4 is 15.5 Å². The molecule has 0 radical (unpaired) electrons. The number of ether oxygens (including phenoxy) is 2. The number of fused-ring (bicyclic) bond motifs is 2. The summed E-state index contributed by atoms with van der Waals surface area (Å²) in [5.41, 5.74) is 0.0615. The maximum atomic E-state index is 13.6. The van der Waals surface area contributed by atoms with E-state index in [1.165, 1.54) is 12.1 Å². The Morgan fingerprint density at radius 1 is 1.00 bits per heavy atom. The van der Waals surface area contributed by atoms with Crippen LogP contribution in [0.1, 0.15) is 21.7 Å². The van der Waals surface area contributed by atoms with Crippen molar-refractivity contribution in [3.05, 3.63) is 106 Å². The van der Waals surface area contributed by atoms with Crippen LogP contribution in [-0.2, 0) is 22.6 Å². The number of para-hydroxylation sites is 2. The standard InChI is InChI=1S/C27H21NO7/c29-21-13-23(25(30)31)34-24-19(21)10-6-11-20(24)28-26(32)27(14-18-9-4-5-12-22(18)35-27)16-33-15-17-7-2-1-3-8-17/h1-13H,14-16H2,(H,28,32)(H,30,31). The molecule has 1 atom stereocenters. The van der Waals surface area contributed by atoms with E-state index in [0.29, 0.717) is 12.4 Å². The van der Waals surface area contributed by atoms with Gasteiger partial charge >= 0.3 is 5.97 Å². The monoisotopic (exact) mass is 471 g/mol. The summed E-state index contributed by atoms with van der Waals surface area (Å²) in [6.45, 7) is 0.262. The molecule has 1 aliphatic heterocycles. The van der Waals surface area contributed by atoms with Crippen LogP contribution in [0.15, 0.2) is 88.1 Å². The maximum Gasteiger partial charge on any atom is 0.371 e. The maximum absolute atomic E-state index is 13.6. The summed E-state index contributed by atoms with van der Waals surface area (Å²) in [5, 5.41) is 12.2. The van der Waals surface area contributed by atoms with Gasteiger partial charge in [-0.25, -0.2) is 4.79 Å². The van der Waals surface area contributed by atoms with E-state index in [-0.39, 0.29) is 29.7 Å². The lowest BCUT2D eigenvalue weighted by atomic mass is 9.96. The molecule has 0 saturated heterocycles. The molecule has 0 aliphatic carbocycles. The van der Waals surface area contributed by atoms with Crippen LogP contribution in [0.3, 0.4) is 0 Å². The van der Waals surface area contributed by atoms with Crippen LogP contribution in [0.2, 0.25) is 0 Å². The van der Waals surface area contributed by atoms with Gasteiger partial charge < -0.3 is 24.3 Å². The molecule has 1 unspecified atom stereocenters. The number of carboxylic acids is 1. The minimum atomic E-state index is -1.38. The lowest BCUT2D eigenvalue weighted by molar-refractivity contribution is -0.135. The highest BCUT2D eigenvalue weighted by Crippen LogP contribution is 2.36. The predicted octanol–water partition coefficient (Wildman–Crippen LogP) is 4.02. The molecule has 0 bridgehead atoms. The summed E-state index contributed by atoms with van der Waals surface area (Å²) in [6.07, 6.45) is 0.277. The van der Waals surface area contributed by atoms with Gasteiger partial charge in [-0.05, 0) is 29.3 Å². The molecule has 2 N–H and O–H groups in total. The summed E-state index contributed by atoms with van der Waals surface area (Å²) in [4.78, 5) is 37.4. The van der Waals surface area contributed by atoms with E-state index in [0.717, 1.165) is 17.2 Å². The van der Waals surface area contributed by atoms with Crippen LogP contribution >= 0.6 is 0 Å². The van der Waals surface area contributed by atoms with Gasteiger partial charge in [0.1, 0.15) is 5.75 Å². The second-order valence-electron chi connectivity index (χ2n) is 8.28. The van der Waals surface area contributed by atoms with Crippen LogP contribution in [0.5, 0.6) is 5.75 Å². The molecule has 4 aromatic rings. The van der Waals surface area contributed by atoms with Gasteiger partial charge in [-0.1, -0.05) is 54.6 Å². The van der Waals surface area contributed by atoms with Crippen molar-refractivity contribution in [2.24, 2.45) is 0 Å². The molecule has 1 aromatic heterocycles. The molecule has 176 valence electrons. The van der Waals surface area contributed by atoms with Crippen molar-refractivity contribution in [1.29, 1.82) is 0 Å². The van der Waals surface area contributed by atoms with Crippen LogP contribution in [0.25, 0.3) is 11.0 Å². The molecule has 0 fully saturated rings. The Hall–Kier alpha value is -4.43. The highest BCUT2D eigenvalue weighted by molar-refractivity contribution is 6.04. The van der Waals surface area contributed by atoms with Crippen LogP contribution in [0, 0.1) is 0 Å². The lowest BCUT2D eigenvalue weighted by Crippen LogP contribution is -2.51. The summed E-state index contributed by atoms with van der Waals surface area (Å²) in [6, 6.07) is 22.5. The van der Waals surface area contributed by atoms with E-state index in [1.807, 2.05) is 48.5 Å². The highest BCUT2D eigenvalue weighted by Gasteiger charge is 2.47. The van der Waals surface area contributed by atoms with E-state index in [4.69, 9.17) is 13.9 Å². The number of hydrogen-bond acceptors (Lipinski definition) is 6. The molecule has 8 heteroatoms. The van der Waals surface area contributed by atoms with Crippen molar-refractivity contribution < 1.29 is 28.6 Å². The van der Waals surface area contributed by atoms with E-state index < -0.39 is 28.7 Å². The molecule has 0 spiro atoms. The molecule has 2 heterocycles. The summed E-state index contributed by atoms with van der Waals surface area (Å²) in [7, 11) is 0. The van der Waals surface area contributed by atoms with Gasteiger partial charge in [-0.2, -0.15) is 0 Å². The van der Waals surface area contributed by atoms with Gasteiger partial charge in [-0.15, -0.1) is 0 Å². The Kier molecular flexibility index (Phi) is 5.80. The van der Waals surface area contributed by atoms with Gasteiger partial charge in [0.05, 0.1) is 24.3 Å². The molecule has 8 nitrogen and oxygen atoms in total. The van der Waals surface area contributed by atoms with Gasteiger partial charge in [-0.3, -0.25) is 9.59 Å². The van der Waals surface area contributed by atoms with Crippen LogP contribution in [-0.4, -0.2) is 29.2 Å². The third kappa shape index (κ3) is 4.39. The molecular formula is C27H21NO7. The van der Waals surface area contributed by atoms with Crippen molar-refractivity contribution in [3.8, 4) is 5.75 Å². The number of rotatable bonds is 7. The number of aromatic carboxylic acids is 1. The van der Waals surface area contributed by atoms with Crippen molar-refractivity contribution in [2.45, 2.75) is 18.6 Å². The zero-order valence-electron chi connectivity index (χ0n) is 18.5. The first-order valence-electron chi connectivity index (χ1n) is 11.0. The topological polar surface area (TPSA) is 115 Å². The molecule has 3 aromatic carbocycles. The van der Waals surface area contributed by atoms with E-state index in [1.54, 1.807) is 12.1 Å². The predicted molar refractivity (Wildman–Crippen MR) is 128 cm³/mol. The van der Waals surface area contributed by atoms with Crippen molar-refractivity contribution in [3.63, 3.8) is 0 Å². The Balaban J connectivity index is 1.46. The number of hydrogen-bond donors (Lipinski definition) is 2. The summed E-state index contributed by atoms with van der Waals surface area (Å²) < 4.78 is 17.5. The normalized spacial score (nSPS) is 16.5. The van der Waals surface area contributed by atoms with Gasteiger partial charge in [0.25, 0.3) is 5.91 Å². The second-order valence-corrected chi connectivity index (χ2v) is 8.28. The number of benzene rings is 3. The fraction of sp³-hybridized carbons (Fsp3) is 0.148. The first-order chi connectivity index (χ1) is 16.9. The highest BCUT2D eigenvalue weighted by atomic mass is 16.6. The van der Waals surface area contributed by atoms with E-state index >= 15 is 0 Å². The van der Waals surface area contributed by atoms with Crippen LogP contribution in [0.4, 0.5) is 5.69 Å². The Bertz CT molecular complexity index is 1450. The third-order valence-electron chi connectivity index (χ3n) is 5.83. The average molecular weight is 471 g/mol. The number of amides is 1. The van der Waals surface area contributed by atoms with Crippen molar-refractivity contribution >= 4 is 28.5 Å². The minimum Gasteiger partial charge on any atom is -0.475 e. The number of carbonyl (C=O) groups excluding carboxylic acids is 1. The first-order valence-corrected chi connectivity index (χ1v) is 11.0. The second kappa shape index (κ2) is 9.08. The third-order valence-corrected chi connectivity index (χ3v) is 5.83. The largest absolute Gasteiger partial charge is 0.475 e. The van der Waals surface area contributed by atoms with Crippen molar-refractivity contribution in [2.75, 3.05) is 11.9 Å². The fourth-order valence-corrected chi connectivity index (χ4v) is 4.10. The lowest BCUT2D eigenvalue weighted by Gasteiger charge is -2.27. The smallest absolute Gasteiger partial charge is 0.371 e. The number of carboxylic acid groups (broad SMARTS) is 1. The Morgan fingerprint density at radius 3 is 2.54 bits per heavy atom. The molecule has 35 heavy (non-hydrogen) atoms. The fourth-order valence-electron chi connectivity index (χ4n) is 4.10. The van der Waals surface area contributed by atoms with Crippen molar-refractivity contribution in [1.82, 2.24) is 0 Å². The number of anilines is 1. The summed E-state index contributed by atoms with van der Waals surface area (Å²) >= 11 is 0. The van der Waals surface area contributed by atoms with E-state index in [9.17, 15) is 19.5 Å². The molecule has 5 rings (SSSR count). The molecule has 1 aliphatic rings. The average Bonchev–Trinajstić information content (AvgIpc) is 3.25. The Morgan fingerprint density at radius 2 is 1.77 bits per heavy atom. The van der Waals surface area contributed by atoms with Gasteiger partial charge in [0.15, 0.2) is 11.0 Å².